The van der Waals surface area contributed by atoms with Crippen LogP contribution in [0.4, 0.5) is 0 Å². The van der Waals surface area contributed by atoms with Crippen molar-refractivity contribution in [2.24, 2.45) is 0 Å². The van der Waals surface area contributed by atoms with Gasteiger partial charge in [-0.1, -0.05) is 0 Å². The summed E-state index contributed by atoms with van der Waals surface area (Å²) in [5.74, 6) is 0. The molecule has 3 nitrogen and oxygen atoms in total. The van der Waals surface area contributed by atoms with Gasteiger partial charge in [0.15, 0.2) is 0 Å². The third kappa shape index (κ3) is 1.53. The van der Waals surface area contributed by atoms with Crippen molar-refractivity contribution in [1.82, 2.24) is 9.78 Å². The molecule has 0 saturated carbocycles. The molecule has 0 spiro atoms. The predicted octanol–water partition coefficient (Wildman–Crippen LogP) is 1.60. The van der Waals surface area contributed by atoms with E-state index in [-0.39, 0.29) is 5.56 Å². The summed E-state index contributed by atoms with van der Waals surface area (Å²) in [6.07, 6.45) is 1.61. The maximum atomic E-state index is 11.3. The minimum Gasteiger partial charge on any atom is -0.267 e. The predicted molar refractivity (Wildman–Crippen MR) is 52.4 cm³/mol. The first-order valence-electron chi connectivity index (χ1n) is 3.88. The molecule has 0 radical (unpaired) electrons. The van der Waals surface area contributed by atoms with Crippen LogP contribution >= 0.6 is 11.3 Å². The Hall–Kier alpha value is -1.42. The van der Waals surface area contributed by atoms with Gasteiger partial charge >= 0.3 is 0 Å². The van der Waals surface area contributed by atoms with Gasteiger partial charge in [0.1, 0.15) is 5.00 Å². The number of aromatic nitrogens is 2. The van der Waals surface area contributed by atoms with E-state index in [1.54, 1.807) is 23.6 Å². The summed E-state index contributed by atoms with van der Waals surface area (Å²) in [6.45, 7) is 2.00. The monoisotopic (exact) mass is 192 g/mol. The fraction of sp³-hybridized carbons (Fsp3) is 0.111. The Morgan fingerprint density at radius 3 is 2.85 bits per heavy atom. The Kier molecular flexibility index (Phi) is 1.98. The van der Waals surface area contributed by atoms with E-state index < -0.39 is 0 Å². The first-order valence-corrected chi connectivity index (χ1v) is 4.70. The van der Waals surface area contributed by atoms with E-state index in [1.165, 1.54) is 15.6 Å². The van der Waals surface area contributed by atoms with E-state index in [4.69, 9.17) is 0 Å². The third-order valence-corrected chi connectivity index (χ3v) is 2.63. The maximum absolute atomic E-state index is 11.3. The van der Waals surface area contributed by atoms with Crippen LogP contribution in [-0.4, -0.2) is 9.78 Å². The molecule has 0 N–H and O–H groups in total. The highest BCUT2D eigenvalue weighted by molar-refractivity contribution is 7.14. The van der Waals surface area contributed by atoms with Crippen molar-refractivity contribution >= 4 is 11.3 Å². The van der Waals surface area contributed by atoms with Crippen molar-refractivity contribution in [1.29, 1.82) is 0 Å². The zero-order valence-corrected chi connectivity index (χ0v) is 7.91. The van der Waals surface area contributed by atoms with Gasteiger partial charge in [-0.05, 0) is 25.1 Å². The summed E-state index contributed by atoms with van der Waals surface area (Å²) in [4.78, 5) is 12.5. The van der Waals surface area contributed by atoms with E-state index >= 15 is 0 Å². The van der Waals surface area contributed by atoms with Crippen molar-refractivity contribution in [2.75, 3.05) is 0 Å². The topological polar surface area (TPSA) is 34.9 Å². The summed E-state index contributed by atoms with van der Waals surface area (Å²) >= 11 is 1.56. The van der Waals surface area contributed by atoms with Gasteiger partial charge in [0, 0.05) is 17.1 Å². The SMILES string of the molecule is Cc1ccc(-n2ncccc2=O)s1. The molecule has 0 aliphatic heterocycles. The molecule has 0 aliphatic carbocycles. The fourth-order valence-corrected chi connectivity index (χ4v) is 1.88. The molecular weight excluding hydrogens is 184 g/mol. The third-order valence-electron chi connectivity index (χ3n) is 1.65. The van der Waals surface area contributed by atoms with E-state index in [0.29, 0.717) is 0 Å². The molecule has 0 saturated heterocycles. The molecule has 2 heterocycles. The van der Waals surface area contributed by atoms with Crippen LogP contribution < -0.4 is 5.56 Å². The van der Waals surface area contributed by atoms with Crippen LogP contribution in [0.3, 0.4) is 0 Å². The molecular formula is C9H8N2OS. The van der Waals surface area contributed by atoms with Crippen LogP contribution in [0, 0.1) is 6.92 Å². The number of rotatable bonds is 1. The van der Waals surface area contributed by atoms with Gasteiger partial charge in [0.05, 0.1) is 0 Å². The summed E-state index contributed by atoms with van der Waals surface area (Å²) in [5, 5.41) is 4.84. The van der Waals surface area contributed by atoms with Crippen molar-refractivity contribution in [3.63, 3.8) is 0 Å². The Labute approximate surface area is 79.3 Å². The molecule has 66 valence electrons. The lowest BCUT2D eigenvalue weighted by Gasteiger charge is -1.97. The summed E-state index contributed by atoms with van der Waals surface area (Å²) < 4.78 is 1.40. The quantitative estimate of drug-likeness (QED) is 0.688. The largest absolute Gasteiger partial charge is 0.272 e. The first kappa shape index (κ1) is 8.19. The number of aryl methyl sites for hydroxylation is 1. The second kappa shape index (κ2) is 3.14. The van der Waals surface area contributed by atoms with Gasteiger partial charge in [-0.25, -0.2) is 0 Å². The second-order valence-electron chi connectivity index (χ2n) is 2.66. The molecule has 0 fully saturated rings. The summed E-state index contributed by atoms with van der Waals surface area (Å²) in [5.41, 5.74) is -0.0932. The van der Waals surface area contributed by atoms with E-state index in [9.17, 15) is 4.79 Å². The highest BCUT2D eigenvalue weighted by atomic mass is 32.1. The Morgan fingerprint density at radius 1 is 1.38 bits per heavy atom. The lowest BCUT2D eigenvalue weighted by molar-refractivity contribution is 0.820. The summed E-state index contributed by atoms with van der Waals surface area (Å²) in [7, 11) is 0. The van der Waals surface area contributed by atoms with Gasteiger partial charge in [0.25, 0.3) is 5.56 Å². The molecule has 0 unspecified atom stereocenters. The van der Waals surface area contributed by atoms with Crippen molar-refractivity contribution < 1.29 is 0 Å². The fourth-order valence-electron chi connectivity index (χ4n) is 1.06. The van der Waals surface area contributed by atoms with Crippen LogP contribution in [0.5, 0.6) is 0 Å². The van der Waals surface area contributed by atoms with Crippen LogP contribution in [0.15, 0.2) is 35.3 Å². The molecule has 2 rings (SSSR count). The van der Waals surface area contributed by atoms with Gasteiger partial charge in [0.2, 0.25) is 0 Å². The number of hydrogen-bond acceptors (Lipinski definition) is 3. The Morgan fingerprint density at radius 2 is 2.23 bits per heavy atom. The van der Waals surface area contributed by atoms with Crippen molar-refractivity contribution in [3.8, 4) is 5.00 Å². The van der Waals surface area contributed by atoms with Crippen molar-refractivity contribution in [3.05, 3.63) is 45.7 Å². The second-order valence-corrected chi connectivity index (χ2v) is 3.92. The van der Waals surface area contributed by atoms with Gasteiger partial charge in [-0.2, -0.15) is 9.78 Å². The molecule has 2 aromatic rings. The molecule has 0 aliphatic rings. The molecule has 0 bridgehead atoms. The number of hydrogen-bond donors (Lipinski definition) is 0. The van der Waals surface area contributed by atoms with E-state index in [0.717, 1.165) is 5.00 Å². The Bertz CT molecular complexity index is 472. The highest BCUT2D eigenvalue weighted by Gasteiger charge is 2.00. The molecule has 13 heavy (non-hydrogen) atoms. The van der Waals surface area contributed by atoms with Gasteiger partial charge in [-0.3, -0.25) is 4.79 Å². The summed E-state index contributed by atoms with van der Waals surface area (Å²) in [6, 6.07) is 7.01. The zero-order chi connectivity index (χ0) is 9.26. The van der Waals surface area contributed by atoms with Crippen LogP contribution in [-0.2, 0) is 0 Å². The highest BCUT2D eigenvalue weighted by Crippen LogP contribution is 2.16. The van der Waals surface area contributed by atoms with E-state index in [1.807, 2.05) is 19.1 Å². The zero-order valence-electron chi connectivity index (χ0n) is 7.10. The Balaban J connectivity index is 2.59. The van der Waals surface area contributed by atoms with Crippen LogP contribution in [0.2, 0.25) is 0 Å². The normalized spacial score (nSPS) is 10.2. The van der Waals surface area contributed by atoms with E-state index in [2.05, 4.69) is 5.10 Å². The number of thiophene rings is 1. The molecule has 4 heteroatoms. The smallest absolute Gasteiger partial charge is 0.267 e. The lowest BCUT2D eigenvalue weighted by Crippen LogP contribution is -2.17. The van der Waals surface area contributed by atoms with Crippen LogP contribution in [0.25, 0.3) is 5.00 Å². The minimum absolute atomic E-state index is 0.0932. The first-order chi connectivity index (χ1) is 6.27. The maximum Gasteiger partial charge on any atom is 0.272 e. The van der Waals surface area contributed by atoms with Gasteiger partial charge in [-0.15, -0.1) is 11.3 Å². The van der Waals surface area contributed by atoms with Crippen molar-refractivity contribution in [2.45, 2.75) is 6.92 Å². The molecule has 0 atom stereocenters. The van der Waals surface area contributed by atoms with Crippen LogP contribution in [0.1, 0.15) is 4.88 Å². The average Bonchev–Trinajstić information content (AvgIpc) is 2.53. The minimum atomic E-state index is -0.0932. The number of nitrogens with zero attached hydrogens (tertiary/aromatic N) is 2. The molecule has 0 amide bonds. The van der Waals surface area contributed by atoms with Gasteiger partial charge < -0.3 is 0 Å². The lowest BCUT2D eigenvalue weighted by atomic mass is 10.5. The standard InChI is InChI=1S/C9H8N2OS/c1-7-4-5-9(13-7)11-8(12)3-2-6-10-11/h2-6H,1H3. The molecule has 0 aromatic carbocycles. The molecule has 2 aromatic heterocycles. The average molecular weight is 192 g/mol.